The summed E-state index contributed by atoms with van der Waals surface area (Å²) >= 11 is 5.00. The molecule has 1 aromatic carbocycles. The van der Waals surface area contributed by atoms with Crippen LogP contribution in [0.1, 0.15) is 19.4 Å². The number of carbonyl (C=O) groups is 5. The van der Waals surface area contributed by atoms with Gasteiger partial charge in [-0.3, -0.25) is 39.5 Å². The second kappa shape index (κ2) is 14.8. The standard InChI is InChI=1S/C22H30N4O10S/c1-11(24-20(22(35)36)19(21(33)34)23-8-16(27)28)15(26(9-17(29)30)10-18(31)32)7-13-3-5-14(6-4-13)25-12(2)37/h3-6,11,15,19-20,23-24H,7-10H2,1-2H3,(H,25,37)(H,27,28)(H,29,30)(H,31,32)(H,33,34)(H,35,36). The van der Waals surface area contributed by atoms with Gasteiger partial charge in [0.15, 0.2) is 0 Å². The molecule has 0 aliphatic heterocycles. The van der Waals surface area contributed by atoms with E-state index in [1.807, 2.05) is 0 Å². The third-order valence-electron chi connectivity index (χ3n) is 5.22. The fourth-order valence-corrected chi connectivity index (χ4v) is 3.80. The fraction of sp³-hybridized carbons (Fsp3) is 0.455. The Morgan fingerprint density at radius 1 is 0.865 bits per heavy atom. The fourth-order valence-electron chi connectivity index (χ4n) is 3.68. The highest BCUT2D eigenvalue weighted by molar-refractivity contribution is 7.80. The van der Waals surface area contributed by atoms with E-state index >= 15 is 0 Å². The number of nitrogens with one attached hydrogen (secondary N) is 3. The maximum absolute atomic E-state index is 11.9. The van der Waals surface area contributed by atoms with Crippen molar-refractivity contribution < 1.29 is 49.5 Å². The zero-order valence-corrected chi connectivity index (χ0v) is 20.9. The van der Waals surface area contributed by atoms with Gasteiger partial charge in [-0.05, 0) is 38.0 Å². The minimum atomic E-state index is -1.85. The highest BCUT2D eigenvalue weighted by Crippen LogP contribution is 2.17. The van der Waals surface area contributed by atoms with E-state index in [-0.39, 0.29) is 6.42 Å². The lowest BCUT2D eigenvalue weighted by molar-refractivity contribution is -0.149. The summed E-state index contributed by atoms with van der Waals surface area (Å²) in [5, 5.41) is 54.4. The molecule has 204 valence electrons. The topological polar surface area (TPSA) is 226 Å². The number of thiocarbonyl (C=S) groups is 1. The average Bonchev–Trinajstić information content (AvgIpc) is 2.75. The minimum absolute atomic E-state index is 0.0677. The van der Waals surface area contributed by atoms with Crippen molar-refractivity contribution in [3.63, 3.8) is 0 Å². The Bertz CT molecular complexity index is 988. The molecule has 4 unspecified atom stereocenters. The summed E-state index contributed by atoms with van der Waals surface area (Å²) in [4.78, 5) is 59.1. The number of carboxylic acids is 5. The first-order valence-electron chi connectivity index (χ1n) is 10.9. The molecular formula is C22H30N4O10S. The van der Waals surface area contributed by atoms with Crippen molar-refractivity contribution in [1.82, 2.24) is 15.5 Å². The highest BCUT2D eigenvalue weighted by Gasteiger charge is 2.37. The number of aliphatic carboxylic acids is 5. The van der Waals surface area contributed by atoms with Gasteiger partial charge < -0.3 is 30.8 Å². The molecule has 1 rings (SSSR count). The Labute approximate surface area is 217 Å². The summed E-state index contributed by atoms with van der Waals surface area (Å²) in [6.07, 6.45) is 0.0677. The van der Waals surface area contributed by atoms with Gasteiger partial charge in [-0.25, -0.2) is 0 Å². The summed E-state index contributed by atoms with van der Waals surface area (Å²) < 4.78 is 0. The third kappa shape index (κ3) is 11.3. The van der Waals surface area contributed by atoms with Crippen LogP contribution in [0.25, 0.3) is 0 Å². The largest absolute Gasteiger partial charge is 0.480 e. The van der Waals surface area contributed by atoms with E-state index in [4.69, 9.17) is 17.3 Å². The number of anilines is 1. The molecule has 0 aliphatic carbocycles. The molecule has 0 saturated carbocycles. The number of rotatable bonds is 17. The normalized spacial score (nSPS) is 14.2. The zero-order chi connectivity index (χ0) is 28.3. The van der Waals surface area contributed by atoms with Gasteiger partial charge in [0.05, 0.1) is 24.6 Å². The molecule has 8 N–H and O–H groups in total. The number of hydrogen-bond donors (Lipinski definition) is 8. The van der Waals surface area contributed by atoms with Crippen molar-refractivity contribution in [3.8, 4) is 0 Å². The van der Waals surface area contributed by atoms with Crippen molar-refractivity contribution in [3.05, 3.63) is 29.8 Å². The molecule has 15 heteroatoms. The van der Waals surface area contributed by atoms with Gasteiger partial charge in [0.1, 0.15) is 12.1 Å². The molecule has 0 radical (unpaired) electrons. The Morgan fingerprint density at radius 2 is 1.38 bits per heavy atom. The van der Waals surface area contributed by atoms with Gasteiger partial charge in [-0.1, -0.05) is 24.4 Å². The predicted molar refractivity (Wildman–Crippen MR) is 134 cm³/mol. The highest BCUT2D eigenvalue weighted by atomic mass is 32.1. The summed E-state index contributed by atoms with van der Waals surface area (Å²) in [5.41, 5.74) is 1.34. The molecule has 0 fully saturated rings. The van der Waals surface area contributed by atoms with E-state index in [0.29, 0.717) is 16.2 Å². The number of benzene rings is 1. The monoisotopic (exact) mass is 542 g/mol. The minimum Gasteiger partial charge on any atom is -0.480 e. The Morgan fingerprint density at radius 3 is 1.78 bits per heavy atom. The van der Waals surface area contributed by atoms with E-state index in [0.717, 1.165) is 4.90 Å². The van der Waals surface area contributed by atoms with Gasteiger partial charge in [0, 0.05) is 17.8 Å². The van der Waals surface area contributed by atoms with Crippen LogP contribution < -0.4 is 16.0 Å². The Balaban J connectivity index is 3.35. The van der Waals surface area contributed by atoms with Gasteiger partial charge in [0.2, 0.25) is 0 Å². The smallest absolute Gasteiger partial charge is 0.322 e. The molecule has 0 aliphatic rings. The van der Waals surface area contributed by atoms with Crippen molar-refractivity contribution in [2.75, 3.05) is 25.0 Å². The van der Waals surface area contributed by atoms with Crippen molar-refractivity contribution in [1.29, 1.82) is 0 Å². The van der Waals surface area contributed by atoms with Gasteiger partial charge in [-0.15, -0.1) is 0 Å². The third-order valence-corrected chi connectivity index (χ3v) is 5.33. The quantitative estimate of drug-likeness (QED) is 0.115. The van der Waals surface area contributed by atoms with Crippen LogP contribution in [-0.4, -0.2) is 109 Å². The first-order chi connectivity index (χ1) is 17.2. The van der Waals surface area contributed by atoms with Crippen LogP contribution in [0, 0.1) is 0 Å². The van der Waals surface area contributed by atoms with Crippen LogP contribution >= 0.6 is 12.2 Å². The molecule has 0 aromatic heterocycles. The van der Waals surface area contributed by atoms with E-state index in [1.54, 1.807) is 31.2 Å². The molecule has 4 atom stereocenters. The second-order valence-electron chi connectivity index (χ2n) is 8.20. The lowest BCUT2D eigenvalue weighted by Crippen LogP contribution is -2.62. The first kappa shape index (κ1) is 31.4. The molecule has 0 amide bonds. The van der Waals surface area contributed by atoms with E-state index in [2.05, 4.69) is 16.0 Å². The lowest BCUT2D eigenvalue weighted by Gasteiger charge is -2.36. The summed E-state index contributed by atoms with van der Waals surface area (Å²) in [7, 11) is 0. The van der Waals surface area contributed by atoms with Crippen molar-refractivity contribution in [2.45, 2.75) is 44.4 Å². The first-order valence-corrected chi connectivity index (χ1v) is 11.3. The van der Waals surface area contributed by atoms with E-state index < -0.39 is 73.6 Å². The molecule has 1 aromatic rings. The summed E-state index contributed by atoms with van der Waals surface area (Å²) in [5.74, 6) is -7.29. The van der Waals surface area contributed by atoms with Crippen LogP contribution in [0.2, 0.25) is 0 Å². The lowest BCUT2D eigenvalue weighted by atomic mass is 9.96. The molecular weight excluding hydrogens is 512 g/mol. The number of carboxylic acid groups (broad SMARTS) is 5. The molecule has 0 saturated heterocycles. The van der Waals surface area contributed by atoms with Gasteiger partial charge >= 0.3 is 29.8 Å². The SMILES string of the molecule is CC(=S)Nc1ccc(CC(C(C)NC(C(=O)O)C(NCC(=O)O)C(=O)O)N(CC(=O)O)CC(=O)O)cc1. The van der Waals surface area contributed by atoms with Gasteiger partial charge in [0.25, 0.3) is 0 Å². The second-order valence-corrected chi connectivity index (χ2v) is 8.82. The molecule has 0 heterocycles. The van der Waals surface area contributed by atoms with Crippen LogP contribution in [0.5, 0.6) is 0 Å². The van der Waals surface area contributed by atoms with Crippen molar-refractivity contribution in [2.24, 2.45) is 0 Å². The van der Waals surface area contributed by atoms with E-state index in [1.165, 1.54) is 6.92 Å². The van der Waals surface area contributed by atoms with Crippen LogP contribution in [0.4, 0.5) is 5.69 Å². The van der Waals surface area contributed by atoms with Crippen LogP contribution in [-0.2, 0) is 30.4 Å². The Kier molecular flexibility index (Phi) is 12.5. The molecule has 37 heavy (non-hydrogen) atoms. The molecule has 0 bridgehead atoms. The van der Waals surface area contributed by atoms with Gasteiger partial charge in [-0.2, -0.15) is 0 Å². The van der Waals surface area contributed by atoms with Crippen LogP contribution in [0.15, 0.2) is 24.3 Å². The Hall–Kier alpha value is -3.66. The predicted octanol–water partition coefficient (Wildman–Crippen LogP) is -0.613. The average molecular weight is 543 g/mol. The van der Waals surface area contributed by atoms with E-state index in [9.17, 15) is 44.4 Å². The summed E-state index contributed by atoms with van der Waals surface area (Å²) in [6, 6.07) is 1.23. The zero-order valence-electron chi connectivity index (χ0n) is 20.1. The number of hydrogen-bond acceptors (Lipinski definition) is 9. The number of nitrogens with zero attached hydrogens (tertiary/aromatic N) is 1. The maximum atomic E-state index is 11.9. The molecule has 0 spiro atoms. The maximum Gasteiger partial charge on any atom is 0.322 e. The summed E-state index contributed by atoms with van der Waals surface area (Å²) in [6.45, 7) is 0.940. The van der Waals surface area contributed by atoms with Crippen molar-refractivity contribution >= 4 is 52.7 Å². The molecule has 14 nitrogen and oxygen atoms in total. The van der Waals surface area contributed by atoms with Crippen LogP contribution in [0.3, 0.4) is 0 Å².